The maximum atomic E-state index is 12.5. The van der Waals surface area contributed by atoms with E-state index < -0.39 is 22.1 Å². The van der Waals surface area contributed by atoms with Gasteiger partial charge in [0.1, 0.15) is 5.75 Å². The Morgan fingerprint density at radius 2 is 1.68 bits per heavy atom. The smallest absolute Gasteiger partial charge is 0.406 e. The summed E-state index contributed by atoms with van der Waals surface area (Å²) < 4.78 is 67.7. The highest BCUT2D eigenvalue weighted by Gasteiger charge is 2.31. The van der Waals surface area contributed by atoms with Crippen molar-refractivity contribution >= 4 is 15.7 Å². The van der Waals surface area contributed by atoms with Crippen LogP contribution in [0, 0.1) is 0 Å². The van der Waals surface area contributed by atoms with E-state index in [0.717, 1.165) is 36.2 Å². The van der Waals surface area contributed by atoms with Crippen molar-refractivity contribution in [3.8, 4) is 5.75 Å². The van der Waals surface area contributed by atoms with E-state index in [4.69, 9.17) is 0 Å². The number of halogens is 3. The predicted molar refractivity (Wildman–Crippen MR) is 89.1 cm³/mol. The normalized spacial score (nSPS) is 13.3. The molecule has 0 aromatic heterocycles. The predicted octanol–water partition coefficient (Wildman–Crippen LogP) is 4.90. The van der Waals surface area contributed by atoms with E-state index in [-0.39, 0.29) is 10.8 Å². The molecule has 1 atom stereocenters. The van der Waals surface area contributed by atoms with Crippen molar-refractivity contribution in [2.45, 2.75) is 37.4 Å². The van der Waals surface area contributed by atoms with Crippen LogP contribution >= 0.6 is 0 Å². The van der Waals surface area contributed by atoms with Gasteiger partial charge in [0.25, 0.3) is 10.0 Å². The van der Waals surface area contributed by atoms with E-state index in [1.807, 2.05) is 26.0 Å². The number of para-hydroxylation sites is 1. The average molecular weight is 373 g/mol. The fourth-order valence-corrected chi connectivity index (χ4v) is 3.35. The molecule has 0 radical (unpaired) electrons. The molecule has 0 amide bonds. The van der Waals surface area contributed by atoms with Gasteiger partial charge in [-0.05, 0) is 48.2 Å². The summed E-state index contributed by atoms with van der Waals surface area (Å²) in [6.07, 6.45) is -3.99. The molecule has 0 aliphatic heterocycles. The Morgan fingerprint density at radius 1 is 1.08 bits per heavy atom. The molecule has 0 aliphatic carbocycles. The highest BCUT2D eigenvalue weighted by atomic mass is 32.2. The molecule has 0 heterocycles. The Hall–Kier alpha value is -2.22. The van der Waals surface area contributed by atoms with Crippen LogP contribution in [0.1, 0.15) is 31.7 Å². The highest BCUT2D eigenvalue weighted by molar-refractivity contribution is 7.92. The summed E-state index contributed by atoms with van der Waals surface area (Å²) in [6.45, 7) is 3.98. The lowest BCUT2D eigenvalue weighted by molar-refractivity contribution is -0.274. The first-order valence-electron chi connectivity index (χ1n) is 7.60. The molecule has 4 nitrogen and oxygen atoms in total. The highest BCUT2D eigenvalue weighted by Crippen LogP contribution is 2.29. The fraction of sp³-hybridized carbons (Fsp3) is 0.294. The van der Waals surface area contributed by atoms with Gasteiger partial charge in [-0.3, -0.25) is 4.72 Å². The molecular weight excluding hydrogens is 355 g/mol. The first-order chi connectivity index (χ1) is 11.6. The quantitative estimate of drug-likeness (QED) is 0.784. The molecule has 0 fully saturated rings. The molecule has 2 aromatic rings. The van der Waals surface area contributed by atoms with Gasteiger partial charge in [-0.2, -0.15) is 0 Å². The zero-order valence-electron chi connectivity index (χ0n) is 13.7. The monoisotopic (exact) mass is 373 g/mol. The lowest BCUT2D eigenvalue weighted by Gasteiger charge is -2.16. The van der Waals surface area contributed by atoms with Gasteiger partial charge in [0.2, 0.25) is 0 Å². The average Bonchev–Trinajstić information content (AvgIpc) is 2.53. The van der Waals surface area contributed by atoms with Crippen LogP contribution < -0.4 is 9.46 Å². The molecule has 136 valence electrons. The van der Waals surface area contributed by atoms with Crippen LogP contribution in [0.2, 0.25) is 0 Å². The number of hydrogen-bond acceptors (Lipinski definition) is 3. The van der Waals surface area contributed by atoms with Crippen LogP contribution in [0.5, 0.6) is 5.75 Å². The minimum atomic E-state index is -4.83. The molecular formula is C17H18F3NO3S. The molecule has 1 unspecified atom stereocenters. The summed E-state index contributed by atoms with van der Waals surface area (Å²) in [5.74, 6) is -0.326. The molecule has 25 heavy (non-hydrogen) atoms. The standard InChI is InChI=1S/C17H18F3NO3S/c1-3-12(2)15-6-4-5-7-16(15)21-25(22,23)14-10-8-13(9-11-14)24-17(18,19)20/h4-12,21H,3H2,1-2H3. The number of benzene rings is 2. The van der Waals surface area contributed by atoms with E-state index in [0.29, 0.717) is 5.69 Å². The largest absolute Gasteiger partial charge is 0.573 e. The third kappa shape index (κ3) is 5.12. The number of alkyl halides is 3. The van der Waals surface area contributed by atoms with E-state index >= 15 is 0 Å². The van der Waals surface area contributed by atoms with Gasteiger partial charge in [0, 0.05) is 0 Å². The second-order valence-electron chi connectivity index (χ2n) is 5.52. The van der Waals surface area contributed by atoms with Gasteiger partial charge >= 0.3 is 6.36 Å². The molecule has 8 heteroatoms. The molecule has 0 aliphatic rings. The van der Waals surface area contributed by atoms with Crippen LogP contribution in [0.4, 0.5) is 18.9 Å². The maximum Gasteiger partial charge on any atom is 0.573 e. The zero-order valence-corrected chi connectivity index (χ0v) is 14.5. The number of nitrogens with one attached hydrogen (secondary N) is 1. The number of anilines is 1. The van der Waals surface area contributed by atoms with Crippen LogP contribution in [0.3, 0.4) is 0 Å². The second kappa shape index (κ2) is 7.35. The van der Waals surface area contributed by atoms with Crippen LogP contribution in [0.25, 0.3) is 0 Å². The number of rotatable bonds is 6. The first-order valence-corrected chi connectivity index (χ1v) is 9.08. The molecule has 0 bridgehead atoms. The van der Waals surface area contributed by atoms with Gasteiger partial charge < -0.3 is 4.74 Å². The van der Waals surface area contributed by atoms with E-state index in [2.05, 4.69) is 9.46 Å². The minimum Gasteiger partial charge on any atom is -0.406 e. The summed E-state index contributed by atoms with van der Waals surface area (Å²) >= 11 is 0. The van der Waals surface area contributed by atoms with Gasteiger partial charge in [0.05, 0.1) is 10.6 Å². The molecule has 0 spiro atoms. The third-order valence-corrected chi connectivity index (χ3v) is 5.10. The van der Waals surface area contributed by atoms with Crippen molar-refractivity contribution in [1.82, 2.24) is 0 Å². The fourth-order valence-electron chi connectivity index (χ4n) is 2.26. The molecule has 2 rings (SSSR count). The third-order valence-electron chi connectivity index (χ3n) is 3.72. The summed E-state index contributed by atoms with van der Waals surface area (Å²) in [5.41, 5.74) is 1.30. The van der Waals surface area contributed by atoms with Crippen molar-refractivity contribution in [2.24, 2.45) is 0 Å². The Balaban J connectivity index is 2.26. The van der Waals surface area contributed by atoms with E-state index in [1.165, 1.54) is 0 Å². The van der Waals surface area contributed by atoms with Crippen molar-refractivity contribution in [1.29, 1.82) is 0 Å². The molecule has 2 aromatic carbocycles. The van der Waals surface area contributed by atoms with Crippen LogP contribution in [-0.4, -0.2) is 14.8 Å². The topological polar surface area (TPSA) is 55.4 Å². The Kier molecular flexibility index (Phi) is 5.62. The SMILES string of the molecule is CCC(C)c1ccccc1NS(=O)(=O)c1ccc(OC(F)(F)F)cc1. The van der Waals surface area contributed by atoms with Crippen molar-refractivity contribution < 1.29 is 26.3 Å². The van der Waals surface area contributed by atoms with E-state index in [1.54, 1.807) is 12.1 Å². The summed E-state index contributed by atoms with van der Waals surface area (Å²) in [6, 6.07) is 11.1. The van der Waals surface area contributed by atoms with Crippen molar-refractivity contribution in [3.63, 3.8) is 0 Å². The Bertz CT molecular complexity index is 818. The number of sulfonamides is 1. The Morgan fingerprint density at radius 3 is 2.24 bits per heavy atom. The summed E-state index contributed by atoms with van der Waals surface area (Å²) in [7, 11) is -3.92. The maximum absolute atomic E-state index is 12.5. The number of hydrogen-bond donors (Lipinski definition) is 1. The summed E-state index contributed by atoms with van der Waals surface area (Å²) in [4.78, 5) is -0.152. The van der Waals surface area contributed by atoms with E-state index in [9.17, 15) is 21.6 Å². The second-order valence-corrected chi connectivity index (χ2v) is 7.20. The van der Waals surface area contributed by atoms with Crippen LogP contribution in [0.15, 0.2) is 53.4 Å². The molecule has 0 saturated carbocycles. The Labute approximate surface area is 144 Å². The zero-order chi connectivity index (χ0) is 18.7. The van der Waals surface area contributed by atoms with Crippen LogP contribution in [-0.2, 0) is 10.0 Å². The molecule has 0 saturated heterocycles. The van der Waals surface area contributed by atoms with Crippen molar-refractivity contribution in [2.75, 3.05) is 4.72 Å². The van der Waals surface area contributed by atoms with Gasteiger partial charge in [-0.25, -0.2) is 8.42 Å². The lowest BCUT2D eigenvalue weighted by Crippen LogP contribution is -2.17. The van der Waals surface area contributed by atoms with Gasteiger partial charge in [-0.15, -0.1) is 13.2 Å². The lowest BCUT2D eigenvalue weighted by atomic mass is 9.97. The van der Waals surface area contributed by atoms with Crippen molar-refractivity contribution in [3.05, 3.63) is 54.1 Å². The minimum absolute atomic E-state index is 0.152. The first kappa shape index (κ1) is 19.1. The van der Waals surface area contributed by atoms with Gasteiger partial charge in [-0.1, -0.05) is 32.0 Å². The summed E-state index contributed by atoms with van der Waals surface area (Å²) in [5, 5.41) is 0. The number of ether oxygens (including phenoxy) is 1. The van der Waals surface area contributed by atoms with Gasteiger partial charge in [0.15, 0.2) is 0 Å². The molecule has 1 N–H and O–H groups in total.